The molecule has 3 rings (SSSR count). The molecule has 0 radical (unpaired) electrons. The van der Waals surface area contributed by atoms with Gasteiger partial charge in [0, 0.05) is 18.3 Å². The summed E-state index contributed by atoms with van der Waals surface area (Å²) < 4.78 is 1.76. The van der Waals surface area contributed by atoms with Crippen LogP contribution in [-0.2, 0) is 6.54 Å². The molecule has 0 bridgehead atoms. The standard InChI is InChI=1S/C13H11N5O2S/c1-21-13-14-6-10-7-15-17(12(10)16-13)8-9-2-4-11(5-3-9)18(19)20/h2-7H,8H2,1H3. The lowest BCUT2D eigenvalue weighted by Crippen LogP contribution is -2.03. The number of hydrogen-bond acceptors (Lipinski definition) is 6. The van der Waals surface area contributed by atoms with Gasteiger partial charge in [-0.05, 0) is 11.8 Å². The predicted octanol–water partition coefficient (Wildman–Crippen LogP) is 2.50. The van der Waals surface area contributed by atoms with E-state index in [4.69, 9.17) is 0 Å². The molecular formula is C13H11N5O2S. The van der Waals surface area contributed by atoms with E-state index < -0.39 is 4.92 Å². The molecule has 0 atom stereocenters. The van der Waals surface area contributed by atoms with Crippen LogP contribution in [0.2, 0.25) is 0 Å². The van der Waals surface area contributed by atoms with Crippen LogP contribution in [0.5, 0.6) is 0 Å². The van der Waals surface area contributed by atoms with E-state index >= 15 is 0 Å². The van der Waals surface area contributed by atoms with Gasteiger partial charge in [-0.2, -0.15) is 5.10 Å². The first kappa shape index (κ1) is 13.5. The number of rotatable bonds is 4. The summed E-state index contributed by atoms with van der Waals surface area (Å²) in [4.78, 5) is 18.9. The van der Waals surface area contributed by atoms with Crippen molar-refractivity contribution in [3.8, 4) is 0 Å². The van der Waals surface area contributed by atoms with Crippen LogP contribution < -0.4 is 0 Å². The average Bonchev–Trinajstić information content (AvgIpc) is 2.90. The maximum atomic E-state index is 10.6. The monoisotopic (exact) mass is 301 g/mol. The van der Waals surface area contributed by atoms with E-state index in [2.05, 4.69) is 15.1 Å². The molecule has 7 nitrogen and oxygen atoms in total. The second-order valence-corrected chi connectivity index (χ2v) is 5.13. The zero-order valence-electron chi connectivity index (χ0n) is 11.1. The molecule has 21 heavy (non-hydrogen) atoms. The van der Waals surface area contributed by atoms with E-state index in [0.717, 1.165) is 16.6 Å². The van der Waals surface area contributed by atoms with Crippen molar-refractivity contribution in [3.05, 3.63) is 52.3 Å². The minimum atomic E-state index is -0.412. The number of benzene rings is 1. The molecule has 2 heterocycles. The third-order valence-electron chi connectivity index (χ3n) is 3.02. The van der Waals surface area contributed by atoms with Crippen molar-refractivity contribution in [2.45, 2.75) is 11.7 Å². The van der Waals surface area contributed by atoms with Crippen LogP contribution in [0.25, 0.3) is 11.0 Å². The molecule has 0 saturated carbocycles. The molecule has 0 aliphatic rings. The summed E-state index contributed by atoms with van der Waals surface area (Å²) in [6, 6.07) is 6.43. The van der Waals surface area contributed by atoms with Gasteiger partial charge in [-0.3, -0.25) is 10.1 Å². The SMILES string of the molecule is CSc1ncc2cnn(Cc3ccc([N+](=O)[O-])cc3)c2n1. The van der Waals surface area contributed by atoms with Gasteiger partial charge in [0.05, 0.1) is 23.1 Å². The Balaban J connectivity index is 1.92. The lowest BCUT2D eigenvalue weighted by atomic mass is 10.2. The van der Waals surface area contributed by atoms with Gasteiger partial charge < -0.3 is 0 Å². The molecule has 0 amide bonds. The number of nitro groups is 1. The summed E-state index contributed by atoms with van der Waals surface area (Å²) in [5.41, 5.74) is 1.76. The van der Waals surface area contributed by atoms with E-state index in [1.165, 1.54) is 23.9 Å². The number of nitro benzene ring substituents is 1. The summed E-state index contributed by atoms with van der Waals surface area (Å²) in [7, 11) is 0. The van der Waals surface area contributed by atoms with E-state index in [1.807, 2.05) is 6.26 Å². The fraction of sp³-hybridized carbons (Fsp3) is 0.154. The fourth-order valence-electron chi connectivity index (χ4n) is 1.96. The maximum absolute atomic E-state index is 10.6. The molecule has 0 fully saturated rings. The second kappa shape index (κ2) is 5.49. The first-order chi connectivity index (χ1) is 10.2. The maximum Gasteiger partial charge on any atom is 0.269 e. The highest BCUT2D eigenvalue weighted by atomic mass is 32.2. The first-order valence-corrected chi connectivity index (χ1v) is 7.36. The smallest absolute Gasteiger partial charge is 0.258 e. The molecule has 3 aromatic rings. The Morgan fingerprint density at radius 1 is 1.29 bits per heavy atom. The Morgan fingerprint density at radius 2 is 2.05 bits per heavy atom. The summed E-state index contributed by atoms with van der Waals surface area (Å²) in [6.07, 6.45) is 5.37. The van der Waals surface area contributed by atoms with Crippen molar-refractivity contribution in [2.75, 3.05) is 6.26 Å². The highest BCUT2D eigenvalue weighted by Gasteiger charge is 2.08. The number of nitrogens with zero attached hydrogens (tertiary/aromatic N) is 5. The Kier molecular flexibility index (Phi) is 3.53. The molecule has 0 N–H and O–H groups in total. The molecule has 0 aliphatic heterocycles. The molecule has 106 valence electrons. The molecule has 0 saturated heterocycles. The summed E-state index contributed by atoms with van der Waals surface area (Å²) in [6.45, 7) is 0.506. The van der Waals surface area contributed by atoms with Gasteiger partial charge in [-0.1, -0.05) is 23.9 Å². The van der Waals surface area contributed by atoms with Crippen molar-refractivity contribution < 1.29 is 4.92 Å². The quantitative estimate of drug-likeness (QED) is 0.318. The predicted molar refractivity (Wildman–Crippen MR) is 79.3 cm³/mol. The minimum absolute atomic E-state index is 0.0797. The molecule has 0 spiro atoms. The molecule has 8 heteroatoms. The third-order valence-corrected chi connectivity index (χ3v) is 3.58. The number of non-ortho nitro benzene ring substituents is 1. The molecule has 1 aromatic carbocycles. The molecule has 2 aromatic heterocycles. The van der Waals surface area contributed by atoms with Crippen LogP contribution in [0.1, 0.15) is 5.56 Å². The first-order valence-electron chi connectivity index (χ1n) is 6.13. The third kappa shape index (κ3) is 2.70. The van der Waals surface area contributed by atoms with E-state index in [9.17, 15) is 10.1 Å². The van der Waals surface area contributed by atoms with E-state index in [0.29, 0.717) is 11.7 Å². The largest absolute Gasteiger partial charge is 0.269 e. The number of fused-ring (bicyclic) bond motifs is 1. The van der Waals surface area contributed by atoms with Gasteiger partial charge in [-0.25, -0.2) is 14.6 Å². The van der Waals surface area contributed by atoms with E-state index in [-0.39, 0.29) is 5.69 Å². The molecule has 0 aliphatic carbocycles. The highest BCUT2D eigenvalue weighted by molar-refractivity contribution is 7.98. The normalized spacial score (nSPS) is 10.9. The lowest BCUT2D eigenvalue weighted by molar-refractivity contribution is -0.384. The average molecular weight is 301 g/mol. The van der Waals surface area contributed by atoms with Gasteiger partial charge in [0.25, 0.3) is 5.69 Å². The van der Waals surface area contributed by atoms with Gasteiger partial charge in [0.15, 0.2) is 10.8 Å². The number of hydrogen-bond donors (Lipinski definition) is 0. The fourth-order valence-corrected chi connectivity index (χ4v) is 2.30. The van der Waals surface area contributed by atoms with Crippen LogP contribution in [0, 0.1) is 10.1 Å². The van der Waals surface area contributed by atoms with Crippen LogP contribution in [-0.4, -0.2) is 30.9 Å². The van der Waals surface area contributed by atoms with Crippen molar-refractivity contribution in [1.29, 1.82) is 0 Å². The zero-order chi connectivity index (χ0) is 14.8. The van der Waals surface area contributed by atoms with Crippen molar-refractivity contribution in [1.82, 2.24) is 19.7 Å². The van der Waals surface area contributed by atoms with Crippen LogP contribution in [0.15, 0.2) is 41.8 Å². The van der Waals surface area contributed by atoms with Crippen molar-refractivity contribution >= 4 is 28.5 Å². The van der Waals surface area contributed by atoms with Crippen LogP contribution in [0.4, 0.5) is 5.69 Å². The van der Waals surface area contributed by atoms with Crippen LogP contribution in [0.3, 0.4) is 0 Å². The molecular weight excluding hydrogens is 290 g/mol. The zero-order valence-corrected chi connectivity index (χ0v) is 11.9. The minimum Gasteiger partial charge on any atom is -0.258 e. The Morgan fingerprint density at radius 3 is 2.71 bits per heavy atom. The Labute approximate surface area is 124 Å². The summed E-state index contributed by atoms with van der Waals surface area (Å²) >= 11 is 1.47. The topological polar surface area (TPSA) is 86.7 Å². The van der Waals surface area contributed by atoms with E-state index in [1.54, 1.807) is 29.2 Å². The van der Waals surface area contributed by atoms with Crippen molar-refractivity contribution in [2.24, 2.45) is 0 Å². The Hall–Kier alpha value is -2.48. The Bertz CT molecular complexity index is 800. The van der Waals surface area contributed by atoms with Gasteiger partial charge in [-0.15, -0.1) is 0 Å². The summed E-state index contributed by atoms with van der Waals surface area (Å²) in [5, 5.41) is 16.5. The highest BCUT2D eigenvalue weighted by Crippen LogP contribution is 2.17. The molecule has 0 unspecified atom stereocenters. The second-order valence-electron chi connectivity index (χ2n) is 4.36. The van der Waals surface area contributed by atoms with Gasteiger partial charge >= 0.3 is 0 Å². The lowest BCUT2D eigenvalue weighted by Gasteiger charge is -2.03. The van der Waals surface area contributed by atoms with Crippen LogP contribution >= 0.6 is 11.8 Å². The van der Waals surface area contributed by atoms with Gasteiger partial charge in [0.2, 0.25) is 0 Å². The van der Waals surface area contributed by atoms with Gasteiger partial charge in [0.1, 0.15) is 0 Å². The number of aromatic nitrogens is 4. The summed E-state index contributed by atoms with van der Waals surface area (Å²) in [5.74, 6) is 0. The number of thioether (sulfide) groups is 1. The van der Waals surface area contributed by atoms with Crippen molar-refractivity contribution in [3.63, 3.8) is 0 Å².